The second kappa shape index (κ2) is 7.10. The third-order valence-corrected chi connectivity index (χ3v) is 5.12. The van der Waals surface area contributed by atoms with E-state index in [1.807, 2.05) is 26.8 Å². The third-order valence-electron chi connectivity index (χ3n) is 3.97. The zero-order valence-electron chi connectivity index (χ0n) is 15.9. The van der Waals surface area contributed by atoms with Gasteiger partial charge >= 0.3 is 0 Å². The number of hydrogen-bond donors (Lipinski definition) is 0. The Kier molecular flexibility index (Phi) is 5.54. The van der Waals surface area contributed by atoms with Crippen molar-refractivity contribution in [3.63, 3.8) is 0 Å². The van der Waals surface area contributed by atoms with E-state index < -0.39 is 13.5 Å². The Hall–Kier alpha value is -1.61. The predicted molar refractivity (Wildman–Crippen MR) is 104 cm³/mol. The van der Waals surface area contributed by atoms with Gasteiger partial charge in [0.05, 0.1) is 14.7 Å². The van der Waals surface area contributed by atoms with Crippen molar-refractivity contribution in [1.82, 2.24) is 0 Å². The highest BCUT2D eigenvalue weighted by Crippen LogP contribution is 2.36. The van der Waals surface area contributed by atoms with Crippen LogP contribution in [0.5, 0.6) is 0 Å². The molecule has 0 spiro atoms. The van der Waals surface area contributed by atoms with Crippen LogP contribution in [0.3, 0.4) is 0 Å². The standard InChI is InChI=1S/C21H30O2Si/c1-21(2,3)20(22)19-17(13-10-14-23-19)18(15-24(4,5)6)16-11-8-7-9-12-16/h7-9,11-12,15H,10,13-14H2,1-6H3/b18-15-. The molecular weight excluding hydrogens is 312 g/mol. The van der Waals surface area contributed by atoms with Gasteiger partial charge in [-0.25, -0.2) is 0 Å². The molecule has 0 saturated heterocycles. The lowest BCUT2D eigenvalue weighted by Crippen LogP contribution is -2.27. The van der Waals surface area contributed by atoms with Crippen LogP contribution in [0, 0.1) is 5.41 Å². The molecule has 0 amide bonds. The fraction of sp³-hybridized carbons (Fsp3) is 0.476. The molecule has 0 atom stereocenters. The number of allylic oxidation sites excluding steroid dienone is 3. The molecule has 1 aromatic rings. The van der Waals surface area contributed by atoms with Gasteiger partial charge in [0.15, 0.2) is 5.76 Å². The number of Topliss-reactive ketones (excluding diaryl/α,β-unsaturated/α-hetero) is 1. The summed E-state index contributed by atoms with van der Waals surface area (Å²) in [6, 6.07) is 10.4. The van der Waals surface area contributed by atoms with Gasteiger partial charge in [-0.15, -0.1) is 0 Å². The van der Waals surface area contributed by atoms with E-state index >= 15 is 0 Å². The van der Waals surface area contributed by atoms with E-state index in [2.05, 4.69) is 49.6 Å². The summed E-state index contributed by atoms with van der Waals surface area (Å²) in [5.41, 5.74) is 5.44. The Morgan fingerprint density at radius 1 is 1.12 bits per heavy atom. The van der Waals surface area contributed by atoms with Crippen LogP contribution in [-0.2, 0) is 9.53 Å². The zero-order valence-corrected chi connectivity index (χ0v) is 16.9. The molecule has 3 heteroatoms. The highest BCUT2D eigenvalue weighted by Gasteiger charge is 2.32. The summed E-state index contributed by atoms with van der Waals surface area (Å²) in [5, 5.41) is 0. The Morgan fingerprint density at radius 2 is 1.75 bits per heavy atom. The number of hydrogen-bond acceptors (Lipinski definition) is 2. The molecule has 1 heterocycles. The van der Waals surface area contributed by atoms with Crippen LogP contribution in [0.1, 0.15) is 39.2 Å². The van der Waals surface area contributed by atoms with Gasteiger partial charge in [0.1, 0.15) is 0 Å². The fourth-order valence-corrected chi connectivity index (χ4v) is 4.03. The first-order chi connectivity index (χ1) is 11.1. The minimum absolute atomic E-state index is 0.106. The highest BCUT2D eigenvalue weighted by molar-refractivity contribution is 6.81. The van der Waals surface area contributed by atoms with Crippen molar-refractivity contribution in [3.8, 4) is 0 Å². The Morgan fingerprint density at radius 3 is 2.29 bits per heavy atom. The number of benzene rings is 1. The summed E-state index contributed by atoms with van der Waals surface area (Å²) in [4.78, 5) is 12.9. The van der Waals surface area contributed by atoms with E-state index in [1.165, 1.54) is 11.1 Å². The maximum absolute atomic E-state index is 12.9. The first-order valence-electron chi connectivity index (χ1n) is 8.79. The molecule has 24 heavy (non-hydrogen) atoms. The van der Waals surface area contributed by atoms with Crippen molar-refractivity contribution < 1.29 is 9.53 Å². The summed E-state index contributed by atoms with van der Waals surface area (Å²) < 4.78 is 5.90. The van der Waals surface area contributed by atoms with Gasteiger partial charge in [-0.3, -0.25) is 4.79 Å². The van der Waals surface area contributed by atoms with Gasteiger partial charge in [0.2, 0.25) is 5.78 Å². The maximum Gasteiger partial charge on any atom is 0.202 e. The molecule has 2 nitrogen and oxygen atoms in total. The maximum atomic E-state index is 12.9. The van der Waals surface area contributed by atoms with Crippen LogP contribution in [0.2, 0.25) is 19.6 Å². The van der Waals surface area contributed by atoms with Crippen LogP contribution >= 0.6 is 0 Å². The lowest BCUT2D eigenvalue weighted by molar-refractivity contribution is -0.126. The van der Waals surface area contributed by atoms with Crippen molar-refractivity contribution >= 4 is 19.4 Å². The monoisotopic (exact) mass is 342 g/mol. The minimum atomic E-state index is -1.46. The molecule has 1 aliphatic heterocycles. The molecule has 0 bridgehead atoms. The molecule has 0 N–H and O–H groups in total. The molecule has 0 aromatic heterocycles. The zero-order chi connectivity index (χ0) is 18.0. The topological polar surface area (TPSA) is 26.3 Å². The van der Waals surface area contributed by atoms with E-state index in [4.69, 9.17) is 4.74 Å². The SMILES string of the molecule is CC(C)(C)C(=O)C1=C(/C(=C\[Si](C)(C)C)c2ccccc2)CCCO1. The average Bonchev–Trinajstić information content (AvgIpc) is 2.51. The van der Waals surface area contributed by atoms with Crippen molar-refractivity contribution in [1.29, 1.82) is 0 Å². The molecule has 0 saturated carbocycles. The van der Waals surface area contributed by atoms with Crippen LogP contribution in [-0.4, -0.2) is 20.5 Å². The van der Waals surface area contributed by atoms with E-state index in [9.17, 15) is 4.79 Å². The molecule has 2 rings (SSSR count). The van der Waals surface area contributed by atoms with Gasteiger partial charge in [-0.05, 0) is 24.0 Å². The lowest BCUT2D eigenvalue weighted by atomic mass is 9.84. The number of rotatable bonds is 4. The van der Waals surface area contributed by atoms with Crippen LogP contribution in [0.25, 0.3) is 5.57 Å². The minimum Gasteiger partial charge on any atom is -0.490 e. The summed E-state index contributed by atoms with van der Waals surface area (Å²) in [5.74, 6) is 0.691. The van der Waals surface area contributed by atoms with Crippen molar-refractivity contribution in [2.24, 2.45) is 5.41 Å². The molecule has 0 fully saturated rings. The Labute approximate surface area is 147 Å². The lowest BCUT2D eigenvalue weighted by Gasteiger charge is -2.28. The summed E-state index contributed by atoms with van der Waals surface area (Å²) in [7, 11) is -1.46. The van der Waals surface area contributed by atoms with Gasteiger partial charge in [0.25, 0.3) is 0 Å². The van der Waals surface area contributed by atoms with Crippen LogP contribution in [0.15, 0.2) is 47.4 Å². The van der Waals surface area contributed by atoms with Crippen LogP contribution in [0.4, 0.5) is 0 Å². The molecular formula is C21H30O2Si. The average molecular weight is 343 g/mol. The Balaban J connectivity index is 2.64. The van der Waals surface area contributed by atoms with E-state index in [0.717, 1.165) is 18.4 Å². The van der Waals surface area contributed by atoms with E-state index in [-0.39, 0.29) is 5.78 Å². The second-order valence-corrected chi connectivity index (χ2v) is 13.6. The largest absolute Gasteiger partial charge is 0.490 e. The summed E-state index contributed by atoms with van der Waals surface area (Å²) in [6.45, 7) is 13.5. The molecule has 0 unspecified atom stereocenters. The summed E-state index contributed by atoms with van der Waals surface area (Å²) >= 11 is 0. The van der Waals surface area contributed by atoms with Crippen LogP contribution < -0.4 is 0 Å². The smallest absolute Gasteiger partial charge is 0.202 e. The normalized spacial score (nSPS) is 16.8. The molecule has 130 valence electrons. The Bertz CT molecular complexity index is 655. The fourth-order valence-electron chi connectivity index (χ4n) is 2.82. The first-order valence-corrected chi connectivity index (χ1v) is 12.4. The van der Waals surface area contributed by atoms with Gasteiger partial charge < -0.3 is 4.74 Å². The van der Waals surface area contributed by atoms with E-state index in [1.54, 1.807) is 0 Å². The van der Waals surface area contributed by atoms with Gasteiger partial charge in [0, 0.05) is 11.0 Å². The van der Waals surface area contributed by atoms with E-state index in [0.29, 0.717) is 12.4 Å². The van der Waals surface area contributed by atoms with Crippen molar-refractivity contribution in [2.45, 2.75) is 53.3 Å². The van der Waals surface area contributed by atoms with Gasteiger partial charge in [-0.1, -0.05) is 76.4 Å². The number of ether oxygens (including phenoxy) is 1. The molecule has 1 aliphatic rings. The third kappa shape index (κ3) is 4.70. The number of ketones is 1. The number of carbonyl (C=O) groups is 1. The number of carbonyl (C=O) groups excluding carboxylic acids is 1. The second-order valence-electron chi connectivity index (χ2n) is 8.63. The molecule has 0 radical (unpaired) electrons. The predicted octanol–water partition coefficient (Wildman–Crippen LogP) is 5.63. The molecule has 1 aromatic carbocycles. The first kappa shape index (κ1) is 18.7. The van der Waals surface area contributed by atoms with Crippen molar-refractivity contribution in [2.75, 3.05) is 6.61 Å². The summed E-state index contributed by atoms with van der Waals surface area (Å²) in [6.07, 6.45) is 1.87. The van der Waals surface area contributed by atoms with Gasteiger partial charge in [-0.2, -0.15) is 0 Å². The quantitative estimate of drug-likeness (QED) is 0.663. The highest BCUT2D eigenvalue weighted by atomic mass is 28.3. The van der Waals surface area contributed by atoms with Crippen molar-refractivity contribution in [3.05, 3.63) is 52.9 Å². The molecule has 0 aliphatic carbocycles.